The summed E-state index contributed by atoms with van der Waals surface area (Å²) >= 11 is 29.8. The first kappa shape index (κ1) is 13.5. The number of fused-ring (bicyclic) bond motifs is 2. The van der Waals surface area contributed by atoms with Crippen molar-refractivity contribution in [2.75, 3.05) is 0 Å². The predicted octanol–water partition coefficient (Wildman–Crippen LogP) is 6.85. The molecule has 0 atom stereocenters. The molecule has 2 aromatic rings. The van der Waals surface area contributed by atoms with Crippen LogP contribution in [0, 0.1) is 0 Å². The van der Waals surface area contributed by atoms with Crippen LogP contribution >= 0.6 is 58.0 Å². The molecule has 0 unspecified atom stereocenters. The molecule has 19 heavy (non-hydrogen) atoms. The molecular weight excluding hydrogens is 365 g/mol. The van der Waals surface area contributed by atoms with E-state index >= 15 is 0 Å². The van der Waals surface area contributed by atoms with Crippen molar-refractivity contribution in [3.63, 3.8) is 0 Å². The first-order valence-electron chi connectivity index (χ1n) is 4.99. The van der Waals surface area contributed by atoms with Crippen LogP contribution in [0.5, 0.6) is 23.0 Å². The smallest absolute Gasteiger partial charge is 0.190 e. The number of halogens is 5. The van der Waals surface area contributed by atoms with Gasteiger partial charge in [0.15, 0.2) is 23.0 Å². The summed E-state index contributed by atoms with van der Waals surface area (Å²) in [5, 5.41) is 1.37. The molecule has 0 amide bonds. The lowest BCUT2D eigenvalue weighted by Crippen LogP contribution is -2.00. The third kappa shape index (κ3) is 2.22. The number of ether oxygens (including phenoxy) is 2. The van der Waals surface area contributed by atoms with Crippen LogP contribution in [0.3, 0.4) is 0 Å². The van der Waals surface area contributed by atoms with Crippen molar-refractivity contribution >= 4 is 58.0 Å². The molecular formula is C12H3Cl5O2. The molecule has 0 aromatic heterocycles. The molecule has 1 heterocycles. The van der Waals surface area contributed by atoms with Crippen molar-refractivity contribution in [3.05, 3.63) is 43.3 Å². The van der Waals surface area contributed by atoms with Gasteiger partial charge in [-0.3, -0.25) is 0 Å². The molecule has 7 heteroatoms. The lowest BCUT2D eigenvalue weighted by molar-refractivity contribution is 0.360. The molecule has 0 aliphatic carbocycles. The zero-order valence-corrected chi connectivity index (χ0v) is 12.7. The molecule has 98 valence electrons. The van der Waals surface area contributed by atoms with E-state index in [0.717, 1.165) is 0 Å². The minimum atomic E-state index is 0.181. The molecule has 0 saturated carbocycles. The average Bonchev–Trinajstić information content (AvgIpc) is 2.37. The maximum Gasteiger partial charge on any atom is 0.190 e. The van der Waals surface area contributed by atoms with Crippen molar-refractivity contribution in [2.45, 2.75) is 0 Å². The second-order valence-corrected chi connectivity index (χ2v) is 5.71. The van der Waals surface area contributed by atoms with E-state index in [1.54, 1.807) is 12.1 Å². The van der Waals surface area contributed by atoms with E-state index in [4.69, 9.17) is 67.5 Å². The Balaban J connectivity index is 2.17. The summed E-state index contributed by atoms with van der Waals surface area (Å²) in [5.74, 6) is 1.49. The SMILES string of the molecule is Cl[13c]1[13cH][13c]2[13c]([13cH][13c]1Cl)O[13c]1[13c]([13cH][13c](Cl)[13c](Cl)[13c]1Cl)O2. The van der Waals surface area contributed by atoms with Gasteiger partial charge in [-0.25, -0.2) is 0 Å². The zero-order valence-electron chi connectivity index (χ0n) is 8.94. The van der Waals surface area contributed by atoms with Crippen molar-refractivity contribution < 1.29 is 9.47 Å². The first-order valence-corrected chi connectivity index (χ1v) is 6.88. The molecule has 0 radical (unpaired) electrons. The van der Waals surface area contributed by atoms with Gasteiger partial charge in [-0.05, 0) is 0 Å². The van der Waals surface area contributed by atoms with Gasteiger partial charge in [0, 0.05) is 18.2 Å². The van der Waals surface area contributed by atoms with Crippen molar-refractivity contribution in [1.82, 2.24) is 0 Å². The molecule has 2 nitrogen and oxygen atoms in total. The van der Waals surface area contributed by atoms with Crippen LogP contribution in [0.2, 0.25) is 25.1 Å². The van der Waals surface area contributed by atoms with E-state index in [0.29, 0.717) is 33.0 Å². The van der Waals surface area contributed by atoms with Gasteiger partial charge >= 0.3 is 0 Å². The molecule has 1 aliphatic heterocycles. The highest BCUT2D eigenvalue weighted by atomic mass is 35.5. The molecule has 1 aliphatic rings. The number of hydrogen-bond donors (Lipinski definition) is 0. The number of benzene rings is 2. The van der Waals surface area contributed by atoms with Gasteiger partial charge in [-0.15, -0.1) is 0 Å². The molecule has 0 fully saturated rings. The lowest BCUT2D eigenvalue weighted by Gasteiger charge is -2.22. The lowest BCUT2D eigenvalue weighted by atomic mass is 11.2. The fraction of sp³-hybridized carbons (Fsp3) is 0. The Labute approximate surface area is 133 Å². The van der Waals surface area contributed by atoms with Crippen molar-refractivity contribution in [2.24, 2.45) is 0 Å². The first-order chi connectivity index (χ1) is 8.97. The van der Waals surface area contributed by atoms with Crippen molar-refractivity contribution in [1.29, 1.82) is 0 Å². The second kappa shape index (κ2) is 4.80. The summed E-state index contributed by atoms with van der Waals surface area (Å²) in [6.07, 6.45) is 0. The fourth-order valence-electron chi connectivity index (χ4n) is 1.63. The van der Waals surface area contributed by atoms with E-state index in [9.17, 15) is 0 Å². The van der Waals surface area contributed by atoms with Crippen LogP contribution in [0.4, 0.5) is 0 Å². The maximum absolute atomic E-state index is 6.07. The Morgan fingerprint density at radius 3 is 1.74 bits per heavy atom. The standard InChI is InChI=1S/C12H3Cl5O2/c13-4-1-7-8(2-5(4)14)19-12-9(18-7)3-6(15)10(16)11(12)17/h1-3H/i1+1,2+1,3+1,4+1,5+1,6+1,7+1,8+1,9+1,10+1,11+1,12+1. The largest absolute Gasteiger partial charge is 0.449 e. The third-order valence-electron chi connectivity index (χ3n) is 2.50. The summed E-state index contributed by atoms with van der Waals surface area (Å²) in [4.78, 5) is 0. The van der Waals surface area contributed by atoms with Crippen LogP contribution in [0.1, 0.15) is 0 Å². The zero-order chi connectivity index (χ0) is 13.7. The highest BCUT2D eigenvalue weighted by Gasteiger charge is 2.25. The Morgan fingerprint density at radius 1 is 0.579 bits per heavy atom. The monoisotopic (exact) mass is 366 g/mol. The van der Waals surface area contributed by atoms with Gasteiger partial charge in [0.25, 0.3) is 0 Å². The average molecular weight is 368 g/mol. The van der Waals surface area contributed by atoms with E-state index < -0.39 is 0 Å². The van der Waals surface area contributed by atoms with Gasteiger partial charge in [0.1, 0.15) is 5.02 Å². The maximum atomic E-state index is 6.07. The van der Waals surface area contributed by atoms with E-state index in [1.165, 1.54) is 6.07 Å². The molecule has 0 N–H and O–H groups in total. The quantitative estimate of drug-likeness (QED) is 0.404. The molecule has 0 spiro atoms. The summed E-state index contributed by atoms with van der Waals surface area (Å²) in [5.41, 5.74) is 0. The Bertz CT molecular complexity index is 699. The minimum absolute atomic E-state index is 0.181. The van der Waals surface area contributed by atoms with E-state index in [2.05, 4.69) is 0 Å². The summed E-state index contributed by atoms with van der Waals surface area (Å²) < 4.78 is 11.3. The topological polar surface area (TPSA) is 18.5 Å². The second-order valence-electron chi connectivity index (χ2n) is 3.73. The van der Waals surface area contributed by atoms with Crippen LogP contribution < -0.4 is 9.47 Å². The summed E-state index contributed by atoms with van der Waals surface area (Å²) in [6, 6.07) is 4.62. The van der Waals surface area contributed by atoms with Gasteiger partial charge < -0.3 is 9.47 Å². The Kier molecular flexibility index (Phi) is 3.40. The van der Waals surface area contributed by atoms with Crippen molar-refractivity contribution in [3.8, 4) is 23.0 Å². The Hall–Kier alpha value is -0.510. The minimum Gasteiger partial charge on any atom is -0.449 e. The summed E-state index contributed by atoms with van der Waals surface area (Å²) in [6.45, 7) is 0. The number of hydrogen-bond acceptors (Lipinski definition) is 2. The third-order valence-corrected chi connectivity index (χ3v) is 4.47. The molecule has 2 aromatic carbocycles. The van der Waals surface area contributed by atoms with Gasteiger partial charge in [0.05, 0.1) is 20.1 Å². The highest BCUT2D eigenvalue weighted by Crippen LogP contribution is 2.53. The Morgan fingerprint density at radius 2 is 1.11 bits per heavy atom. The molecule has 0 bridgehead atoms. The number of rotatable bonds is 0. The molecule has 0 saturated heterocycles. The highest BCUT2D eigenvalue weighted by molar-refractivity contribution is 6.49. The normalized spacial score (nSPS) is 12.3. The van der Waals surface area contributed by atoms with Crippen LogP contribution in [0.15, 0.2) is 18.2 Å². The predicted molar refractivity (Wildman–Crippen MR) is 78.1 cm³/mol. The van der Waals surface area contributed by atoms with E-state index in [-0.39, 0.29) is 15.1 Å². The van der Waals surface area contributed by atoms with Gasteiger partial charge in [-0.1, -0.05) is 58.0 Å². The fourth-order valence-corrected chi connectivity index (χ4v) is 2.55. The van der Waals surface area contributed by atoms with E-state index in [1.807, 2.05) is 0 Å². The van der Waals surface area contributed by atoms with Gasteiger partial charge in [0.2, 0.25) is 0 Å². The molecule has 3 rings (SSSR count). The summed E-state index contributed by atoms with van der Waals surface area (Å²) in [7, 11) is 0. The van der Waals surface area contributed by atoms with Crippen LogP contribution in [0.25, 0.3) is 0 Å². The van der Waals surface area contributed by atoms with Crippen LogP contribution in [-0.2, 0) is 0 Å². The van der Waals surface area contributed by atoms with Gasteiger partial charge in [-0.2, -0.15) is 0 Å². The van der Waals surface area contributed by atoms with Crippen LogP contribution in [-0.4, -0.2) is 0 Å².